The van der Waals surface area contributed by atoms with Gasteiger partial charge in [-0.15, -0.1) is 0 Å². The Morgan fingerprint density at radius 2 is 1.86 bits per heavy atom. The predicted octanol–water partition coefficient (Wildman–Crippen LogP) is 3.59. The van der Waals surface area contributed by atoms with Gasteiger partial charge in [0.25, 0.3) is 0 Å². The molecule has 0 atom stereocenters. The van der Waals surface area contributed by atoms with Crippen LogP contribution in [0.25, 0.3) is 0 Å². The van der Waals surface area contributed by atoms with Gasteiger partial charge < -0.3 is 5.32 Å². The van der Waals surface area contributed by atoms with Crippen molar-refractivity contribution < 1.29 is 0 Å². The first-order chi connectivity index (χ1) is 6.52. The molecule has 0 aliphatic carbocycles. The van der Waals surface area contributed by atoms with Gasteiger partial charge in [0.15, 0.2) is 0 Å². The molecule has 0 amide bonds. The first-order valence-electron chi connectivity index (χ1n) is 5.88. The van der Waals surface area contributed by atoms with E-state index in [1.165, 1.54) is 25.8 Å². The van der Waals surface area contributed by atoms with Crippen LogP contribution in [0.1, 0.15) is 33.1 Å². The maximum absolute atomic E-state index is 3.50. The third-order valence-corrected chi connectivity index (χ3v) is 5.06. The van der Waals surface area contributed by atoms with Gasteiger partial charge in [0.2, 0.25) is 0 Å². The maximum Gasteiger partial charge on any atom is 0.0720 e. The molecule has 0 aromatic rings. The quantitative estimate of drug-likeness (QED) is 0.503. The fourth-order valence-corrected chi connectivity index (χ4v) is 3.34. The number of hydrogen-bond acceptors (Lipinski definition) is 1. The zero-order chi connectivity index (χ0) is 11.0. The van der Waals surface area contributed by atoms with Gasteiger partial charge >= 0.3 is 0 Å². The maximum atomic E-state index is 3.50. The molecule has 1 nitrogen and oxygen atoms in total. The van der Waals surface area contributed by atoms with Gasteiger partial charge in [-0.2, -0.15) is 0 Å². The van der Waals surface area contributed by atoms with E-state index in [0.29, 0.717) is 0 Å². The van der Waals surface area contributed by atoms with Gasteiger partial charge in [0.1, 0.15) is 0 Å². The van der Waals surface area contributed by atoms with Gasteiger partial charge in [-0.05, 0) is 32.9 Å². The molecule has 14 heavy (non-hydrogen) atoms. The summed E-state index contributed by atoms with van der Waals surface area (Å²) >= 11 is 0. The zero-order valence-corrected chi connectivity index (χ0v) is 11.6. The highest BCUT2D eigenvalue weighted by atomic mass is 28.3. The van der Waals surface area contributed by atoms with E-state index in [2.05, 4.69) is 44.9 Å². The normalized spacial score (nSPS) is 13.4. The van der Waals surface area contributed by atoms with Crippen molar-refractivity contribution >= 4 is 8.07 Å². The van der Waals surface area contributed by atoms with Crippen LogP contribution in [0.4, 0.5) is 0 Å². The Morgan fingerprint density at radius 3 is 2.29 bits per heavy atom. The van der Waals surface area contributed by atoms with E-state index in [1.54, 1.807) is 5.20 Å². The standard InChI is InChI=1S/C12H27NSi/c1-6-8-10-13-11-9-12(7-2)14(3,4)5/h7,13H,6,8-11H2,1-5H3/b12-7+. The minimum Gasteiger partial charge on any atom is -0.316 e. The number of nitrogens with one attached hydrogen (secondary N) is 1. The third-order valence-electron chi connectivity index (χ3n) is 2.59. The second kappa shape index (κ2) is 7.24. The van der Waals surface area contributed by atoms with Gasteiger partial charge in [-0.25, -0.2) is 0 Å². The number of rotatable bonds is 7. The average molecular weight is 213 g/mol. The predicted molar refractivity (Wildman–Crippen MR) is 69.5 cm³/mol. The smallest absolute Gasteiger partial charge is 0.0720 e. The summed E-state index contributed by atoms with van der Waals surface area (Å²) in [6.45, 7) is 14.0. The summed E-state index contributed by atoms with van der Waals surface area (Å²) in [5, 5.41) is 5.20. The number of allylic oxidation sites excluding steroid dienone is 1. The van der Waals surface area contributed by atoms with Gasteiger partial charge in [-0.3, -0.25) is 0 Å². The minimum absolute atomic E-state index is 1.03. The van der Waals surface area contributed by atoms with Crippen molar-refractivity contribution in [3.8, 4) is 0 Å². The van der Waals surface area contributed by atoms with Gasteiger partial charge in [-0.1, -0.05) is 44.3 Å². The van der Waals surface area contributed by atoms with Crippen LogP contribution in [0.15, 0.2) is 11.3 Å². The van der Waals surface area contributed by atoms with E-state index in [4.69, 9.17) is 0 Å². The summed E-state index contributed by atoms with van der Waals surface area (Å²) in [7, 11) is -1.03. The lowest BCUT2D eigenvalue weighted by Gasteiger charge is -2.21. The molecule has 0 heterocycles. The molecule has 0 saturated heterocycles. The van der Waals surface area contributed by atoms with Gasteiger partial charge in [0.05, 0.1) is 8.07 Å². The van der Waals surface area contributed by atoms with Crippen LogP contribution in [0.5, 0.6) is 0 Å². The molecule has 0 spiro atoms. The summed E-state index contributed by atoms with van der Waals surface area (Å²) in [4.78, 5) is 0. The first-order valence-corrected chi connectivity index (χ1v) is 9.38. The highest BCUT2D eigenvalue weighted by Crippen LogP contribution is 2.16. The van der Waals surface area contributed by atoms with Crippen molar-refractivity contribution in [2.45, 2.75) is 52.8 Å². The topological polar surface area (TPSA) is 12.0 Å². The van der Waals surface area contributed by atoms with Crippen molar-refractivity contribution in [3.63, 3.8) is 0 Å². The summed E-state index contributed by atoms with van der Waals surface area (Å²) in [6.07, 6.45) is 6.17. The van der Waals surface area contributed by atoms with Crippen molar-refractivity contribution in [1.82, 2.24) is 5.32 Å². The second-order valence-corrected chi connectivity index (χ2v) is 10.1. The molecular weight excluding hydrogens is 186 g/mol. The SMILES string of the molecule is C/C=C(\CCNCCCC)[Si](C)(C)C. The average Bonchev–Trinajstić information content (AvgIpc) is 2.09. The largest absolute Gasteiger partial charge is 0.316 e. The molecule has 0 aliphatic rings. The molecule has 0 saturated carbocycles. The van der Waals surface area contributed by atoms with Crippen LogP contribution in [-0.2, 0) is 0 Å². The van der Waals surface area contributed by atoms with E-state index < -0.39 is 8.07 Å². The summed E-state index contributed by atoms with van der Waals surface area (Å²) in [5.74, 6) is 0. The van der Waals surface area contributed by atoms with Crippen LogP contribution >= 0.6 is 0 Å². The molecular formula is C12H27NSi. The highest BCUT2D eigenvalue weighted by Gasteiger charge is 2.17. The monoisotopic (exact) mass is 213 g/mol. The molecule has 0 rings (SSSR count). The molecule has 1 N–H and O–H groups in total. The zero-order valence-electron chi connectivity index (χ0n) is 10.6. The van der Waals surface area contributed by atoms with Crippen LogP contribution in [-0.4, -0.2) is 21.2 Å². The van der Waals surface area contributed by atoms with E-state index in [0.717, 1.165) is 6.54 Å². The summed E-state index contributed by atoms with van der Waals surface area (Å²) in [6, 6.07) is 0. The molecule has 0 bridgehead atoms. The lowest BCUT2D eigenvalue weighted by Crippen LogP contribution is -2.27. The Balaban J connectivity index is 3.66. The fraction of sp³-hybridized carbons (Fsp3) is 0.833. The van der Waals surface area contributed by atoms with Crippen LogP contribution in [0.3, 0.4) is 0 Å². The van der Waals surface area contributed by atoms with Crippen LogP contribution < -0.4 is 5.32 Å². The number of unbranched alkanes of at least 4 members (excludes halogenated alkanes) is 1. The molecule has 0 aliphatic heterocycles. The van der Waals surface area contributed by atoms with Crippen LogP contribution in [0.2, 0.25) is 19.6 Å². The molecule has 84 valence electrons. The van der Waals surface area contributed by atoms with Crippen molar-refractivity contribution in [1.29, 1.82) is 0 Å². The Bertz CT molecular complexity index is 168. The minimum atomic E-state index is -1.03. The summed E-state index contributed by atoms with van der Waals surface area (Å²) in [5.41, 5.74) is 0. The Hall–Kier alpha value is -0.0831. The van der Waals surface area contributed by atoms with Gasteiger partial charge in [0, 0.05) is 0 Å². The Labute approximate surface area is 91.0 Å². The van der Waals surface area contributed by atoms with Crippen molar-refractivity contribution in [2.75, 3.05) is 13.1 Å². The molecule has 0 aromatic carbocycles. The molecule has 0 radical (unpaired) electrons. The third kappa shape index (κ3) is 6.38. The summed E-state index contributed by atoms with van der Waals surface area (Å²) < 4.78 is 0. The van der Waals surface area contributed by atoms with E-state index >= 15 is 0 Å². The number of hydrogen-bond donors (Lipinski definition) is 1. The molecule has 0 aromatic heterocycles. The van der Waals surface area contributed by atoms with E-state index in [9.17, 15) is 0 Å². The fourth-order valence-electron chi connectivity index (χ4n) is 1.60. The lowest BCUT2D eigenvalue weighted by molar-refractivity contribution is 0.642. The van der Waals surface area contributed by atoms with Crippen molar-refractivity contribution in [2.24, 2.45) is 0 Å². The first kappa shape index (κ1) is 13.9. The lowest BCUT2D eigenvalue weighted by atomic mass is 10.3. The second-order valence-electron chi connectivity index (χ2n) is 4.92. The van der Waals surface area contributed by atoms with E-state index in [-0.39, 0.29) is 0 Å². The molecule has 0 unspecified atom stereocenters. The van der Waals surface area contributed by atoms with Crippen molar-refractivity contribution in [3.05, 3.63) is 11.3 Å². The Morgan fingerprint density at radius 1 is 1.21 bits per heavy atom. The highest BCUT2D eigenvalue weighted by molar-refractivity contribution is 6.83. The Kier molecular flexibility index (Phi) is 7.20. The van der Waals surface area contributed by atoms with E-state index in [1.807, 2.05) is 0 Å². The van der Waals surface area contributed by atoms with Crippen LogP contribution in [0, 0.1) is 0 Å². The molecule has 2 heteroatoms. The molecule has 0 fully saturated rings.